The fourth-order valence-electron chi connectivity index (χ4n) is 0.987. The third-order valence-electron chi connectivity index (χ3n) is 1.68. The molecule has 0 aromatic rings. The minimum absolute atomic E-state index is 0.0355. The molecular formula is C7H10BrNO3S. The lowest BCUT2D eigenvalue weighted by molar-refractivity contribution is -0.139. The molecule has 0 N–H and O–H groups in total. The van der Waals surface area contributed by atoms with E-state index in [1.807, 2.05) is 0 Å². The number of nitrogens with zero attached hydrogens (tertiary/aromatic N) is 1. The minimum atomic E-state index is -0.417. The lowest BCUT2D eigenvalue weighted by atomic mass is 10.4. The van der Waals surface area contributed by atoms with Crippen LogP contribution in [0.3, 0.4) is 0 Å². The van der Waals surface area contributed by atoms with Crippen LogP contribution >= 0.6 is 27.7 Å². The Bertz CT molecular complexity index is 224. The zero-order valence-electron chi connectivity index (χ0n) is 7.16. The van der Waals surface area contributed by atoms with Crippen molar-refractivity contribution in [3.63, 3.8) is 0 Å². The van der Waals surface area contributed by atoms with E-state index in [0.717, 1.165) is 5.75 Å². The molecular weight excluding hydrogens is 258 g/mol. The molecule has 1 unspecified atom stereocenters. The van der Waals surface area contributed by atoms with Gasteiger partial charge in [-0.1, -0.05) is 27.7 Å². The minimum Gasteiger partial charge on any atom is -0.468 e. The first kappa shape index (κ1) is 10.8. The number of hydrogen-bond acceptors (Lipinski definition) is 4. The van der Waals surface area contributed by atoms with Gasteiger partial charge in [-0.05, 0) is 0 Å². The molecule has 1 amide bonds. The Morgan fingerprint density at radius 1 is 1.85 bits per heavy atom. The summed E-state index contributed by atoms with van der Waals surface area (Å²) in [6, 6.07) is 0. The van der Waals surface area contributed by atoms with Gasteiger partial charge in [0.2, 0.25) is 0 Å². The van der Waals surface area contributed by atoms with Crippen molar-refractivity contribution in [2.75, 3.05) is 26.0 Å². The Kier molecular flexibility index (Phi) is 4.05. The van der Waals surface area contributed by atoms with Crippen LogP contribution in [0.4, 0.5) is 4.79 Å². The number of hydrogen-bond donors (Lipinski definition) is 0. The molecule has 1 aliphatic heterocycles. The van der Waals surface area contributed by atoms with E-state index in [0.29, 0.717) is 13.1 Å². The summed E-state index contributed by atoms with van der Waals surface area (Å²) in [7, 11) is 1.33. The van der Waals surface area contributed by atoms with Gasteiger partial charge in [0.25, 0.3) is 5.24 Å². The van der Waals surface area contributed by atoms with Crippen molar-refractivity contribution < 1.29 is 14.3 Å². The molecule has 1 aliphatic rings. The Balaban J connectivity index is 2.39. The van der Waals surface area contributed by atoms with Crippen LogP contribution in [0, 0.1) is 0 Å². The molecule has 1 atom stereocenters. The number of carbonyl (C=O) groups excluding carboxylic acids is 2. The molecule has 0 aliphatic carbocycles. The van der Waals surface area contributed by atoms with E-state index in [2.05, 4.69) is 20.7 Å². The van der Waals surface area contributed by atoms with Crippen molar-refractivity contribution in [1.29, 1.82) is 0 Å². The van der Waals surface area contributed by atoms with Gasteiger partial charge in [0.1, 0.15) is 4.83 Å². The van der Waals surface area contributed by atoms with Gasteiger partial charge in [-0.15, -0.1) is 0 Å². The summed E-state index contributed by atoms with van der Waals surface area (Å²) in [5.74, 6) is 0.462. The quantitative estimate of drug-likeness (QED) is 0.568. The Morgan fingerprint density at radius 3 is 3.00 bits per heavy atom. The molecule has 0 radical (unpaired) electrons. The van der Waals surface area contributed by atoms with Gasteiger partial charge < -0.3 is 9.64 Å². The van der Waals surface area contributed by atoms with Crippen LogP contribution in [0.25, 0.3) is 0 Å². The number of methoxy groups -OCH3 is 1. The second-order valence-corrected chi connectivity index (χ2v) is 4.70. The second-order valence-electron chi connectivity index (χ2n) is 2.55. The summed E-state index contributed by atoms with van der Waals surface area (Å²) in [6.07, 6.45) is 0. The summed E-state index contributed by atoms with van der Waals surface area (Å²) in [5.41, 5.74) is 0. The number of ether oxygens (including phenoxy) is 1. The van der Waals surface area contributed by atoms with Gasteiger partial charge in [-0.2, -0.15) is 0 Å². The summed E-state index contributed by atoms with van der Waals surface area (Å²) in [4.78, 5) is 23.4. The highest BCUT2D eigenvalue weighted by Gasteiger charge is 2.26. The summed E-state index contributed by atoms with van der Waals surface area (Å²) in [5, 5.41) is 0.0355. The normalized spacial score (nSPS) is 18.9. The highest BCUT2D eigenvalue weighted by Crippen LogP contribution is 2.18. The van der Waals surface area contributed by atoms with Crippen molar-refractivity contribution in [2.24, 2.45) is 0 Å². The van der Waals surface area contributed by atoms with Gasteiger partial charge in [0, 0.05) is 18.8 Å². The fourth-order valence-corrected chi connectivity index (χ4v) is 2.36. The predicted octanol–water partition coefficient (Wildman–Crippen LogP) is 1.09. The van der Waals surface area contributed by atoms with E-state index in [-0.39, 0.29) is 11.2 Å². The third kappa shape index (κ3) is 2.87. The molecule has 13 heavy (non-hydrogen) atoms. The van der Waals surface area contributed by atoms with E-state index in [4.69, 9.17) is 0 Å². The first-order valence-corrected chi connectivity index (χ1v) is 5.69. The van der Waals surface area contributed by atoms with Gasteiger partial charge in [0.05, 0.1) is 7.11 Å². The predicted molar refractivity (Wildman–Crippen MR) is 54.2 cm³/mol. The van der Waals surface area contributed by atoms with Crippen LogP contribution in [0.2, 0.25) is 0 Å². The molecule has 0 aromatic heterocycles. The highest BCUT2D eigenvalue weighted by atomic mass is 79.9. The molecule has 74 valence electrons. The number of amides is 1. The van der Waals surface area contributed by atoms with Crippen LogP contribution < -0.4 is 0 Å². The maximum Gasteiger partial charge on any atom is 0.321 e. The van der Waals surface area contributed by atoms with Crippen molar-refractivity contribution >= 4 is 38.9 Å². The molecule has 6 heteroatoms. The van der Waals surface area contributed by atoms with Crippen molar-refractivity contribution in [3.05, 3.63) is 0 Å². The Labute approximate surface area is 89.1 Å². The molecule has 4 nitrogen and oxygen atoms in total. The van der Waals surface area contributed by atoms with Crippen LogP contribution in [0.1, 0.15) is 0 Å². The largest absolute Gasteiger partial charge is 0.468 e. The number of halogens is 1. The molecule has 1 saturated heterocycles. The highest BCUT2D eigenvalue weighted by molar-refractivity contribution is 9.10. The van der Waals surface area contributed by atoms with E-state index in [9.17, 15) is 9.59 Å². The van der Waals surface area contributed by atoms with Gasteiger partial charge in [-0.3, -0.25) is 9.59 Å². The monoisotopic (exact) mass is 267 g/mol. The van der Waals surface area contributed by atoms with E-state index in [1.54, 1.807) is 4.90 Å². The van der Waals surface area contributed by atoms with Crippen LogP contribution in [-0.4, -0.2) is 46.9 Å². The summed E-state index contributed by atoms with van der Waals surface area (Å²) < 4.78 is 4.53. The molecule has 0 saturated carbocycles. The maximum atomic E-state index is 11.1. The molecule has 0 aromatic carbocycles. The van der Waals surface area contributed by atoms with Crippen molar-refractivity contribution in [3.8, 4) is 0 Å². The zero-order chi connectivity index (χ0) is 9.84. The van der Waals surface area contributed by atoms with Crippen LogP contribution in [0.5, 0.6) is 0 Å². The first-order chi connectivity index (χ1) is 6.15. The molecule has 0 spiro atoms. The number of alkyl halides is 1. The van der Waals surface area contributed by atoms with Gasteiger partial charge in [-0.25, -0.2) is 0 Å². The SMILES string of the molecule is COC(=O)C(Br)CN1CCSC1=O. The Hall–Kier alpha value is -0.230. The Morgan fingerprint density at radius 2 is 2.54 bits per heavy atom. The number of esters is 1. The second kappa shape index (κ2) is 4.85. The van der Waals surface area contributed by atoms with Gasteiger partial charge >= 0.3 is 5.97 Å². The molecule has 1 fully saturated rings. The number of rotatable bonds is 3. The average Bonchev–Trinajstić information content (AvgIpc) is 2.50. The van der Waals surface area contributed by atoms with E-state index >= 15 is 0 Å². The topological polar surface area (TPSA) is 46.6 Å². The first-order valence-electron chi connectivity index (χ1n) is 3.78. The van der Waals surface area contributed by atoms with Crippen LogP contribution in [-0.2, 0) is 9.53 Å². The summed E-state index contributed by atoms with van der Waals surface area (Å²) >= 11 is 4.44. The van der Waals surface area contributed by atoms with Gasteiger partial charge in [0.15, 0.2) is 0 Å². The smallest absolute Gasteiger partial charge is 0.321 e. The molecule has 0 bridgehead atoms. The lowest BCUT2D eigenvalue weighted by Gasteiger charge is -2.16. The van der Waals surface area contributed by atoms with Crippen molar-refractivity contribution in [1.82, 2.24) is 4.90 Å². The standard InChI is InChI=1S/C7H10BrNO3S/c1-12-6(10)5(8)4-9-2-3-13-7(9)11/h5H,2-4H2,1H3. The lowest BCUT2D eigenvalue weighted by Crippen LogP contribution is -2.34. The fraction of sp³-hybridized carbons (Fsp3) is 0.714. The molecule has 1 heterocycles. The number of thioether (sulfide) groups is 1. The maximum absolute atomic E-state index is 11.1. The zero-order valence-corrected chi connectivity index (χ0v) is 9.56. The summed E-state index contributed by atoms with van der Waals surface area (Å²) in [6.45, 7) is 1.10. The molecule has 1 rings (SSSR count). The average molecular weight is 268 g/mol. The van der Waals surface area contributed by atoms with E-state index in [1.165, 1.54) is 18.9 Å². The number of carbonyl (C=O) groups is 2. The van der Waals surface area contributed by atoms with E-state index < -0.39 is 4.83 Å². The third-order valence-corrected chi connectivity index (χ3v) is 3.24. The van der Waals surface area contributed by atoms with Crippen LogP contribution in [0.15, 0.2) is 0 Å². The van der Waals surface area contributed by atoms with Crippen molar-refractivity contribution in [2.45, 2.75) is 4.83 Å².